The highest BCUT2D eigenvalue weighted by atomic mass is 127. The SMILES string of the molecule is CN=C(NCc1ccc(CN(C)C)cc1)N1CC2CCCCC2C1.I. The van der Waals surface area contributed by atoms with Crippen molar-refractivity contribution in [2.45, 2.75) is 38.8 Å². The van der Waals surface area contributed by atoms with Gasteiger partial charge < -0.3 is 15.1 Å². The summed E-state index contributed by atoms with van der Waals surface area (Å²) in [6.07, 6.45) is 5.65. The first-order valence-corrected chi connectivity index (χ1v) is 9.34. The molecule has 2 unspecified atom stereocenters. The molecule has 140 valence electrons. The van der Waals surface area contributed by atoms with Gasteiger partial charge in [0, 0.05) is 33.2 Å². The number of likely N-dealkylation sites (tertiary alicyclic amines) is 1. The van der Waals surface area contributed by atoms with E-state index in [-0.39, 0.29) is 24.0 Å². The number of guanidine groups is 1. The normalized spacial score (nSPS) is 23.4. The van der Waals surface area contributed by atoms with Crippen LogP contribution in [0.3, 0.4) is 0 Å². The summed E-state index contributed by atoms with van der Waals surface area (Å²) in [5.74, 6) is 2.85. The van der Waals surface area contributed by atoms with E-state index in [1.807, 2.05) is 7.05 Å². The van der Waals surface area contributed by atoms with E-state index in [0.29, 0.717) is 0 Å². The van der Waals surface area contributed by atoms with Gasteiger partial charge in [0.05, 0.1) is 0 Å². The van der Waals surface area contributed by atoms with Crippen LogP contribution in [0.1, 0.15) is 36.8 Å². The lowest BCUT2D eigenvalue weighted by Crippen LogP contribution is -2.39. The molecule has 1 heterocycles. The Balaban J connectivity index is 0.00000225. The molecule has 0 spiro atoms. The van der Waals surface area contributed by atoms with Gasteiger partial charge in [-0.05, 0) is 49.9 Å². The Labute approximate surface area is 170 Å². The zero-order valence-electron chi connectivity index (χ0n) is 15.9. The third kappa shape index (κ3) is 5.58. The Hall–Kier alpha value is -0.820. The zero-order valence-corrected chi connectivity index (χ0v) is 18.2. The lowest BCUT2D eigenvalue weighted by Gasteiger charge is -2.22. The first kappa shape index (κ1) is 20.5. The standard InChI is InChI=1S/C20H32N4.HI/c1-21-20(24-14-18-6-4-5-7-19(18)15-24)22-12-16-8-10-17(11-9-16)13-23(2)3;/h8-11,18-19H,4-7,12-15H2,1-3H3,(H,21,22);1H. The number of aliphatic imine (C=N–C) groups is 1. The van der Waals surface area contributed by atoms with Crippen LogP contribution in [0.15, 0.2) is 29.3 Å². The lowest BCUT2D eigenvalue weighted by atomic mass is 9.82. The molecule has 0 aromatic heterocycles. The molecular weight excluding hydrogens is 423 g/mol. The maximum absolute atomic E-state index is 4.52. The van der Waals surface area contributed by atoms with Crippen molar-refractivity contribution in [3.63, 3.8) is 0 Å². The first-order valence-electron chi connectivity index (χ1n) is 9.34. The summed E-state index contributed by atoms with van der Waals surface area (Å²) in [5, 5.41) is 3.56. The monoisotopic (exact) mass is 456 g/mol. The highest BCUT2D eigenvalue weighted by molar-refractivity contribution is 14.0. The van der Waals surface area contributed by atoms with Crippen molar-refractivity contribution in [2.75, 3.05) is 34.2 Å². The topological polar surface area (TPSA) is 30.9 Å². The molecule has 2 atom stereocenters. The van der Waals surface area contributed by atoms with Crippen molar-refractivity contribution in [1.29, 1.82) is 0 Å². The van der Waals surface area contributed by atoms with Crippen molar-refractivity contribution < 1.29 is 0 Å². The second-order valence-electron chi connectivity index (χ2n) is 7.66. The Morgan fingerprint density at radius 2 is 1.64 bits per heavy atom. The van der Waals surface area contributed by atoms with Gasteiger partial charge in [0.15, 0.2) is 5.96 Å². The van der Waals surface area contributed by atoms with Crippen LogP contribution in [-0.2, 0) is 13.1 Å². The maximum Gasteiger partial charge on any atom is 0.193 e. The predicted octanol–water partition coefficient (Wildman–Crippen LogP) is 3.56. The van der Waals surface area contributed by atoms with E-state index in [4.69, 9.17) is 0 Å². The molecule has 25 heavy (non-hydrogen) atoms. The molecule has 1 saturated heterocycles. The molecule has 1 aromatic rings. The molecule has 1 aliphatic heterocycles. The van der Waals surface area contributed by atoms with Crippen LogP contribution in [0.4, 0.5) is 0 Å². The van der Waals surface area contributed by atoms with Crippen LogP contribution >= 0.6 is 24.0 Å². The predicted molar refractivity (Wildman–Crippen MR) is 116 cm³/mol. The quantitative estimate of drug-likeness (QED) is 0.427. The van der Waals surface area contributed by atoms with Gasteiger partial charge in [-0.2, -0.15) is 0 Å². The summed E-state index contributed by atoms with van der Waals surface area (Å²) in [7, 11) is 6.12. The second kappa shape index (κ2) is 9.76. The third-order valence-electron chi connectivity index (χ3n) is 5.46. The molecule has 1 aliphatic carbocycles. The molecule has 1 N–H and O–H groups in total. The van der Waals surface area contributed by atoms with Gasteiger partial charge in [-0.25, -0.2) is 0 Å². The number of nitrogens with one attached hydrogen (secondary N) is 1. The summed E-state index contributed by atoms with van der Waals surface area (Å²) in [6, 6.07) is 8.90. The number of nitrogens with zero attached hydrogens (tertiary/aromatic N) is 3. The smallest absolute Gasteiger partial charge is 0.193 e. The number of halogens is 1. The average Bonchev–Trinajstić information content (AvgIpc) is 3.00. The van der Waals surface area contributed by atoms with Crippen LogP contribution in [0, 0.1) is 11.8 Å². The van der Waals surface area contributed by atoms with Crippen LogP contribution in [0.2, 0.25) is 0 Å². The molecular formula is C20H33IN4. The van der Waals surface area contributed by atoms with Gasteiger partial charge in [0.2, 0.25) is 0 Å². The van der Waals surface area contributed by atoms with Crippen molar-refractivity contribution in [3.05, 3.63) is 35.4 Å². The molecule has 4 nitrogen and oxygen atoms in total. The molecule has 0 radical (unpaired) electrons. The fourth-order valence-corrected chi connectivity index (χ4v) is 4.22. The van der Waals surface area contributed by atoms with Crippen LogP contribution < -0.4 is 5.32 Å². The average molecular weight is 456 g/mol. The largest absolute Gasteiger partial charge is 0.352 e. The van der Waals surface area contributed by atoms with Gasteiger partial charge in [-0.1, -0.05) is 37.1 Å². The summed E-state index contributed by atoms with van der Waals surface area (Å²) >= 11 is 0. The minimum atomic E-state index is 0. The van der Waals surface area contributed by atoms with Crippen LogP contribution in [0.5, 0.6) is 0 Å². The number of hydrogen-bond donors (Lipinski definition) is 1. The zero-order chi connectivity index (χ0) is 16.9. The van der Waals surface area contributed by atoms with E-state index in [1.54, 1.807) is 0 Å². The molecule has 1 saturated carbocycles. The van der Waals surface area contributed by atoms with Gasteiger partial charge in [0.1, 0.15) is 0 Å². The van der Waals surface area contributed by atoms with E-state index in [0.717, 1.165) is 30.9 Å². The Kier molecular flexibility index (Phi) is 8.00. The van der Waals surface area contributed by atoms with E-state index in [9.17, 15) is 0 Å². The van der Waals surface area contributed by atoms with Gasteiger partial charge in [-0.15, -0.1) is 24.0 Å². The van der Waals surface area contributed by atoms with Crippen molar-refractivity contribution >= 4 is 29.9 Å². The number of rotatable bonds is 4. The molecule has 1 aromatic carbocycles. The lowest BCUT2D eigenvalue weighted by molar-refractivity contribution is 0.299. The van der Waals surface area contributed by atoms with E-state index < -0.39 is 0 Å². The fourth-order valence-electron chi connectivity index (χ4n) is 4.22. The van der Waals surface area contributed by atoms with Gasteiger partial charge in [-0.3, -0.25) is 4.99 Å². The number of benzene rings is 1. The van der Waals surface area contributed by atoms with E-state index in [2.05, 4.69) is 58.5 Å². The van der Waals surface area contributed by atoms with Crippen molar-refractivity contribution in [2.24, 2.45) is 16.8 Å². The molecule has 2 fully saturated rings. The number of fused-ring (bicyclic) bond motifs is 1. The third-order valence-corrected chi connectivity index (χ3v) is 5.46. The van der Waals surface area contributed by atoms with Crippen LogP contribution in [-0.4, -0.2) is 50.0 Å². The Bertz CT molecular complexity index is 541. The van der Waals surface area contributed by atoms with Gasteiger partial charge in [0.25, 0.3) is 0 Å². The summed E-state index contributed by atoms with van der Waals surface area (Å²) in [6.45, 7) is 4.21. The minimum absolute atomic E-state index is 0. The highest BCUT2D eigenvalue weighted by Gasteiger charge is 2.35. The summed E-state index contributed by atoms with van der Waals surface area (Å²) < 4.78 is 0. The Morgan fingerprint density at radius 1 is 1.08 bits per heavy atom. The maximum atomic E-state index is 4.52. The Morgan fingerprint density at radius 3 is 2.16 bits per heavy atom. The van der Waals surface area contributed by atoms with E-state index in [1.165, 1.54) is 49.9 Å². The van der Waals surface area contributed by atoms with Crippen LogP contribution in [0.25, 0.3) is 0 Å². The summed E-state index contributed by atoms with van der Waals surface area (Å²) in [5.41, 5.74) is 2.67. The highest BCUT2D eigenvalue weighted by Crippen LogP contribution is 2.35. The minimum Gasteiger partial charge on any atom is -0.352 e. The number of hydrogen-bond acceptors (Lipinski definition) is 2. The van der Waals surface area contributed by atoms with Crippen molar-refractivity contribution in [1.82, 2.24) is 15.1 Å². The summed E-state index contributed by atoms with van der Waals surface area (Å²) in [4.78, 5) is 9.19. The van der Waals surface area contributed by atoms with Gasteiger partial charge >= 0.3 is 0 Å². The molecule has 5 heteroatoms. The van der Waals surface area contributed by atoms with Crippen molar-refractivity contribution in [3.8, 4) is 0 Å². The second-order valence-corrected chi connectivity index (χ2v) is 7.66. The molecule has 0 amide bonds. The first-order chi connectivity index (χ1) is 11.7. The fraction of sp³-hybridized carbons (Fsp3) is 0.650. The molecule has 0 bridgehead atoms. The molecule has 3 rings (SSSR count). The van der Waals surface area contributed by atoms with E-state index >= 15 is 0 Å². The molecule has 2 aliphatic rings.